The Morgan fingerprint density at radius 3 is 1.58 bits per heavy atom. The summed E-state index contributed by atoms with van der Waals surface area (Å²) >= 11 is 0. The van der Waals surface area contributed by atoms with Crippen molar-refractivity contribution in [3.8, 4) is 44.5 Å². The summed E-state index contributed by atoms with van der Waals surface area (Å²) in [5.41, 5.74) is 20.7. The summed E-state index contributed by atoms with van der Waals surface area (Å²) < 4.78 is 0. The number of benzene rings is 9. The van der Waals surface area contributed by atoms with Gasteiger partial charge in [-0.05, 0) is 115 Å². The van der Waals surface area contributed by atoms with Crippen LogP contribution in [0.3, 0.4) is 0 Å². The van der Waals surface area contributed by atoms with Gasteiger partial charge in [-0.15, -0.1) is 0 Å². The van der Waals surface area contributed by atoms with Gasteiger partial charge in [0.25, 0.3) is 0 Å². The third-order valence-corrected chi connectivity index (χ3v) is 11.7. The first-order valence-electron chi connectivity index (χ1n) is 19.8. The molecule has 0 bridgehead atoms. The molecule has 9 aromatic rings. The number of anilines is 3. The minimum atomic E-state index is 0.853. The highest BCUT2D eigenvalue weighted by molar-refractivity contribution is 6.16. The Balaban J connectivity index is 1.14. The molecule has 1 heterocycles. The smallest absolute Gasteiger partial charge is 0.0669 e. The Kier molecular flexibility index (Phi) is 8.00. The lowest BCUT2D eigenvalue weighted by Crippen LogP contribution is -2.12. The van der Waals surface area contributed by atoms with E-state index in [0.717, 1.165) is 35.6 Å². The fourth-order valence-electron chi connectivity index (χ4n) is 9.01. The maximum Gasteiger partial charge on any atom is 0.0669 e. The highest BCUT2D eigenvalue weighted by Gasteiger charge is 2.30. The average Bonchev–Trinajstić information content (AvgIpc) is 3.90. The molecular formula is C55H38N2. The van der Waals surface area contributed by atoms with E-state index < -0.39 is 0 Å². The van der Waals surface area contributed by atoms with E-state index in [-0.39, 0.29) is 0 Å². The van der Waals surface area contributed by atoms with Gasteiger partial charge in [0, 0.05) is 28.7 Å². The Morgan fingerprint density at radius 2 is 0.912 bits per heavy atom. The molecule has 0 N–H and O–H groups in total. The second-order valence-corrected chi connectivity index (χ2v) is 15.1. The lowest BCUT2D eigenvalue weighted by atomic mass is 9.90. The molecule has 0 radical (unpaired) electrons. The Labute approximate surface area is 333 Å². The monoisotopic (exact) mass is 726 g/mol. The van der Waals surface area contributed by atoms with Gasteiger partial charge in [0.15, 0.2) is 0 Å². The summed E-state index contributed by atoms with van der Waals surface area (Å²) in [6.07, 6.45) is 1.73. The zero-order valence-corrected chi connectivity index (χ0v) is 31.4. The summed E-state index contributed by atoms with van der Waals surface area (Å²) in [6.45, 7) is 0. The van der Waals surface area contributed by atoms with Crippen LogP contribution in [0.25, 0.3) is 55.3 Å². The first-order chi connectivity index (χ1) is 28.2. The van der Waals surface area contributed by atoms with Gasteiger partial charge in [-0.2, -0.15) is 0 Å². The van der Waals surface area contributed by atoms with Gasteiger partial charge in [0.2, 0.25) is 0 Å². The number of aliphatic imine (C=N–C) groups is 1. The van der Waals surface area contributed by atoms with Gasteiger partial charge in [-0.3, -0.25) is 4.99 Å². The quantitative estimate of drug-likeness (QED) is 0.160. The summed E-state index contributed by atoms with van der Waals surface area (Å²) in [6, 6.07) is 75.1. The van der Waals surface area contributed by atoms with Gasteiger partial charge in [-0.1, -0.05) is 164 Å². The van der Waals surface area contributed by atoms with E-state index in [0.29, 0.717) is 0 Å². The highest BCUT2D eigenvalue weighted by Crippen LogP contribution is 2.50. The van der Waals surface area contributed by atoms with Gasteiger partial charge < -0.3 is 4.90 Å². The van der Waals surface area contributed by atoms with E-state index in [1.165, 1.54) is 83.2 Å². The molecule has 1 aliphatic heterocycles. The third-order valence-electron chi connectivity index (χ3n) is 11.7. The van der Waals surface area contributed by atoms with Crippen molar-refractivity contribution in [2.45, 2.75) is 12.8 Å². The van der Waals surface area contributed by atoms with Crippen LogP contribution < -0.4 is 4.90 Å². The summed E-state index contributed by atoms with van der Waals surface area (Å²) in [5.74, 6) is 0. The lowest BCUT2D eigenvalue weighted by Gasteiger charge is -2.29. The number of nitrogens with zero attached hydrogens (tertiary/aromatic N) is 2. The van der Waals surface area contributed by atoms with Crippen LogP contribution in [-0.2, 0) is 12.8 Å². The van der Waals surface area contributed by atoms with Crippen molar-refractivity contribution < 1.29 is 0 Å². The minimum Gasteiger partial charge on any atom is -0.310 e. The number of hydrogen-bond acceptors (Lipinski definition) is 2. The maximum atomic E-state index is 5.18. The first kappa shape index (κ1) is 33.1. The van der Waals surface area contributed by atoms with Gasteiger partial charge in [-0.25, -0.2) is 0 Å². The number of fused-ring (bicyclic) bond motifs is 6. The molecule has 0 amide bonds. The van der Waals surface area contributed by atoms with Crippen molar-refractivity contribution in [2.75, 3.05) is 4.90 Å². The zero-order chi connectivity index (χ0) is 37.7. The van der Waals surface area contributed by atoms with Gasteiger partial charge >= 0.3 is 0 Å². The van der Waals surface area contributed by atoms with Gasteiger partial charge in [0.1, 0.15) is 0 Å². The molecule has 0 aromatic heterocycles. The SMILES string of the molecule is c1ccc(-c2ccc(N(c3cc(-c4ccccc4)cc(-c4ccccc4)c3)c3cc4c(c5ccccc35)-c3c(cccc3C3=Nc5ccccc5C3)C4)cc2)cc1. The molecular weight excluding hydrogens is 689 g/mol. The topological polar surface area (TPSA) is 15.6 Å². The van der Waals surface area contributed by atoms with Crippen LogP contribution in [0.4, 0.5) is 22.7 Å². The predicted octanol–water partition coefficient (Wildman–Crippen LogP) is 14.6. The molecule has 9 aromatic carbocycles. The van der Waals surface area contributed by atoms with Crippen molar-refractivity contribution >= 4 is 39.2 Å². The first-order valence-corrected chi connectivity index (χ1v) is 19.8. The number of rotatable bonds is 7. The normalized spacial score (nSPS) is 12.5. The lowest BCUT2D eigenvalue weighted by molar-refractivity contribution is 1.24. The van der Waals surface area contributed by atoms with Crippen LogP contribution in [0.2, 0.25) is 0 Å². The zero-order valence-electron chi connectivity index (χ0n) is 31.4. The molecule has 2 heteroatoms. The van der Waals surface area contributed by atoms with Crippen LogP contribution in [0, 0.1) is 0 Å². The third kappa shape index (κ3) is 5.86. The Hall–Kier alpha value is -7.29. The fourth-order valence-corrected chi connectivity index (χ4v) is 9.01. The van der Waals surface area contributed by atoms with E-state index in [4.69, 9.17) is 4.99 Å². The van der Waals surface area contributed by atoms with Gasteiger partial charge in [0.05, 0.1) is 17.1 Å². The Morgan fingerprint density at radius 1 is 0.351 bits per heavy atom. The molecule has 268 valence electrons. The van der Waals surface area contributed by atoms with Crippen molar-refractivity contribution in [2.24, 2.45) is 4.99 Å². The van der Waals surface area contributed by atoms with Crippen LogP contribution in [-0.4, -0.2) is 5.71 Å². The summed E-state index contributed by atoms with van der Waals surface area (Å²) in [5, 5.41) is 2.48. The van der Waals surface area contributed by atoms with Crippen LogP contribution in [0.5, 0.6) is 0 Å². The van der Waals surface area contributed by atoms with E-state index in [1.54, 1.807) is 0 Å². The molecule has 0 fully saturated rings. The number of hydrogen-bond donors (Lipinski definition) is 0. The molecule has 0 unspecified atom stereocenters. The molecule has 0 spiro atoms. The molecule has 2 nitrogen and oxygen atoms in total. The van der Waals surface area contributed by atoms with E-state index in [1.807, 2.05) is 0 Å². The number of para-hydroxylation sites is 1. The second-order valence-electron chi connectivity index (χ2n) is 15.1. The van der Waals surface area contributed by atoms with Crippen molar-refractivity contribution in [1.29, 1.82) is 0 Å². The molecule has 11 rings (SSSR count). The molecule has 0 atom stereocenters. The second kappa shape index (κ2) is 13.8. The van der Waals surface area contributed by atoms with Crippen molar-refractivity contribution in [3.63, 3.8) is 0 Å². The van der Waals surface area contributed by atoms with Crippen LogP contribution in [0.15, 0.2) is 211 Å². The largest absolute Gasteiger partial charge is 0.310 e. The molecule has 1 aliphatic carbocycles. The van der Waals surface area contributed by atoms with Crippen LogP contribution in [0.1, 0.15) is 22.3 Å². The van der Waals surface area contributed by atoms with E-state index in [2.05, 4.69) is 211 Å². The van der Waals surface area contributed by atoms with Crippen molar-refractivity contribution in [1.82, 2.24) is 0 Å². The molecule has 0 saturated heterocycles. The molecule has 57 heavy (non-hydrogen) atoms. The average molecular weight is 727 g/mol. The predicted molar refractivity (Wildman–Crippen MR) is 240 cm³/mol. The summed E-state index contributed by atoms with van der Waals surface area (Å²) in [4.78, 5) is 7.67. The van der Waals surface area contributed by atoms with E-state index >= 15 is 0 Å². The standard InChI is InChI=1S/C55H38N2/c1-4-15-37(16-5-1)40-27-29-46(30-28-40)57(47-33-43(38-17-6-2-7-18-38)32-44(34-47)39-19-8-3-9-20-39)53-36-45-31-42-22-14-25-50(52-35-41-21-10-13-26-51(41)56-52)54(42)55(45)49-24-12-11-23-48(49)53/h1-30,32-34,36H,31,35H2. The van der Waals surface area contributed by atoms with Crippen molar-refractivity contribution in [3.05, 3.63) is 229 Å². The maximum absolute atomic E-state index is 5.18. The fraction of sp³-hybridized carbons (Fsp3) is 0.0364. The highest BCUT2D eigenvalue weighted by atomic mass is 15.1. The Bertz CT molecular complexity index is 2920. The molecule has 2 aliphatic rings. The van der Waals surface area contributed by atoms with E-state index in [9.17, 15) is 0 Å². The van der Waals surface area contributed by atoms with Crippen LogP contribution >= 0.6 is 0 Å². The minimum absolute atomic E-state index is 0.853. The summed E-state index contributed by atoms with van der Waals surface area (Å²) in [7, 11) is 0. The molecule has 0 saturated carbocycles.